The van der Waals surface area contributed by atoms with Gasteiger partial charge in [0, 0.05) is 7.05 Å². The number of halogens is 2. The summed E-state index contributed by atoms with van der Waals surface area (Å²) in [6, 6.07) is 3.14. The lowest BCUT2D eigenvalue weighted by Gasteiger charge is -2.13. The van der Waals surface area contributed by atoms with Crippen molar-refractivity contribution in [2.75, 3.05) is 12.4 Å². The van der Waals surface area contributed by atoms with Crippen molar-refractivity contribution in [3.8, 4) is 0 Å². The number of anilines is 1. The molecular formula is C11H10ClFN2O2. The van der Waals surface area contributed by atoms with Crippen LogP contribution >= 0.6 is 11.6 Å². The number of hydrogen-bond acceptors (Lipinski definition) is 3. The molecule has 1 aliphatic rings. The molecule has 2 rings (SSSR count). The Morgan fingerprint density at radius 1 is 1.47 bits per heavy atom. The molecule has 1 atom stereocenters. The van der Waals surface area contributed by atoms with Crippen molar-refractivity contribution < 1.29 is 14.0 Å². The molecular weight excluding hydrogens is 247 g/mol. The van der Waals surface area contributed by atoms with Gasteiger partial charge in [-0.15, -0.1) is 0 Å². The molecule has 0 bridgehead atoms. The zero-order chi connectivity index (χ0) is 12.6. The predicted molar refractivity (Wildman–Crippen MR) is 61.2 cm³/mol. The summed E-state index contributed by atoms with van der Waals surface area (Å²) in [6.07, 6.45) is 0.0577. The van der Waals surface area contributed by atoms with Gasteiger partial charge in [-0.05, 0) is 18.2 Å². The molecule has 1 fully saturated rings. The molecule has 1 saturated heterocycles. The highest BCUT2D eigenvalue weighted by atomic mass is 35.5. The average Bonchev–Trinajstić information content (AvgIpc) is 2.52. The van der Waals surface area contributed by atoms with Crippen LogP contribution < -0.4 is 5.32 Å². The van der Waals surface area contributed by atoms with Crippen LogP contribution in [0.1, 0.15) is 6.42 Å². The zero-order valence-corrected chi connectivity index (χ0v) is 9.79. The first-order valence-electron chi connectivity index (χ1n) is 5.01. The summed E-state index contributed by atoms with van der Waals surface area (Å²) in [7, 11) is 1.42. The molecule has 1 aromatic carbocycles. The number of nitrogens with one attached hydrogen (secondary N) is 1. The fourth-order valence-corrected chi connectivity index (χ4v) is 1.84. The van der Waals surface area contributed by atoms with Crippen molar-refractivity contribution in [1.82, 2.24) is 4.90 Å². The lowest BCUT2D eigenvalue weighted by molar-refractivity contribution is -0.136. The van der Waals surface area contributed by atoms with Crippen molar-refractivity contribution in [3.05, 3.63) is 29.0 Å². The van der Waals surface area contributed by atoms with Gasteiger partial charge in [-0.2, -0.15) is 0 Å². The molecule has 1 heterocycles. The lowest BCUT2D eigenvalue weighted by atomic mass is 10.2. The number of rotatable bonds is 2. The second-order valence-electron chi connectivity index (χ2n) is 3.82. The van der Waals surface area contributed by atoms with Gasteiger partial charge >= 0.3 is 0 Å². The Hall–Kier alpha value is -1.62. The number of carbonyl (C=O) groups is 2. The topological polar surface area (TPSA) is 49.4 Å². The molecule has 0 saturated carbocycles. The number of hydrogen-bond donors (Lipinski definition) is 1. The van der Waals surface area contributed by atoms with Crippen LogP contribution in [0.2, 0.25) is 5.02 Å². The third kappa shape index (κ3) is 2.24. The Labute approximate surface area is 102 Å². The maximum Gasteiger partial charge on any atom is 0.251 e. The maximum absolute atomic E-state index is 13.0. The van der Waals surface area contributed by atoms with Gasteiger partial charge in [0.1, 0.15) is 11.9 Å². The van der Waals surface area contributed by atoms with Crippen molar-refractivity contribution >= 4 is 29.1 Å². The third-order valence-electron chi connectivity index (χ3n) is 2.64. The average molecular weight is 257 g/mol. The van der Waals surface area contributed by atoms with Crippen LogP contribution in [-0.2, 0) is 9.59 Å². The Morgan fingerprint density at radius 3 is 2.76 bits per heavy atom. The van der Waals surface area contributed by atoms with E-state index in [1.54, 1.807) is 0 Å². The maximum atomic E-state index is 13.0. The number of carbonyl (C=O) groups excluding carboxylic acids is 2. The summed E-state index contributed by atoms with van der Waals surface area (Å²) in [5.41, 5.74) is 0.313. The van der Waals surface area contributed by atoms with E-state index in [0.717, 1.165) is 4.90 Å². The molecule has 0 spiro atoms. The van der Waals surface area contributed by atoms with Gasteiger partial charge in [-0.1, -0.05) is 11.6 Å². The minimum Gasteiger partial charge on any atom is -0.372 e. The fraction of sp³-hybridized carbons (Fsp3) is 0.273. The van der Waals surface area contributed by atoms with Crippen LogP contribution in [0.3, 0.4) is 0 Å². The quantitative estimate of drug-likeness (QED) is 0.819. The number of nitrogens with zero attached hydrogens (tertiary/aromatic N) is 1. The molecule has 0 aliphatic carbocycles. The first-order valence-corrected chi connectivity index (χ1v) is 5.39. The Kier molecular flexibility index (Phi) is 3.02. The predicted octanol–water partition coefficient (Wildman–Crippen LogP) is 1.65. The molecule has 1 aromatic rings. The third-order valence-corrected chi connectivity index (χ3v) is 2.97. The summed E-state index contributed by atoms with van der Waals surface area (Å²) >= 11 is 5.86. The highest BCUT2D eigenvalue weighted by Gasteiger charge is 2.36. The molecule has 6 heteroatoms. The van der Waals surface area contributed by atoms with Gasteiger partial charge in [0.05, 0.1) is 17.1 Å². The van der Waals surface area contributed by atoms with Crippen LogP contribution in [0.15, 0.2) is 18.2 Å². The normalized spacial score (nSPS) is 19.9. The highest BCUT2D eigenvalue weighted by molar-refractivity contribution is 6.33. The van der Waals surface area contributed by atoms with E-state index in [1.165, 1.54) is 25.2 Å². The van der Waals surface area contributed by atoms with E-state index < -0.39 is 11.9 Å². The van der Waals surface area contributed by atoms with Crippen molar-refractivity contribution in [2.45, 2.75) is 12.5 Å². The molecule has 1 unspecified atom stereocenters. The number of imide groups is 1. The molecule has 17 heavy (non-hydrogen) atoms. The SMILES string of the molecule is CN1C(=O)CC(Nc2cc(F)ccc2Cl)C1=O. The zero-order valence-electron chi connectivity index (χ0n) is 9.04. The van der Waals surface area contributed by atoms with Crippen molar-refractivity contribution in [1.29, 1.82) is 0 Å². The van der Waals surface area contributed by atoms with Gasteiger partial charge in [0.25, 0.3) is 5.91 Å². The Bertz CT molecular complexity index is 492. The van der Waals surface area contributed by atoms with E-state index in [1.807, 2.05) is 0 Å². The van der Waals surface area contributed by atoms with Gasteiger partial charge in [-0.3, -0.25) is 14.5 Å². The number of benzene rings is 1. The second-order valence-corrected chi connectivity index (χ2v) is 4.22. The van der Waals surface area contributed by atoms with Gasteiger partial charge in [-0.25, -0.2) is 4.39 Å². The summed E-state index contributed by atoms with van der Waals surface area (Å²) in [5.74, 6) is -1.06. The van der Waals surface area contributed by atoms with E-state index in [9.17, 15) is 14.0 Å². The Morgan fingerprint density at radius 2 is 2.18 bits per heavy atom. The molecule has 1 aliphatic heterocycles. The number of likely N-dealkylation sites (N-methyl/N-ethyl adjacent to an activating group) is 1. The first kappa shape index (κ1) is 11.9. The minimum absolute atomic E-state index is 0.0577. The van der Waals surface area contributed by atoms with Crippen LogP contribution in [0.4, 0.5) is 10.1 Å². The molecule has 1 N–H and O–H groups in total. The smallest absolute Gasteiger partial charge is 0.251 e. The van der Waals surface area contributed by atoms with Crippen LogP contribution in [0.5, 0.6) is 0 Å². The summed E-state index contributed by atoms with van der Waals surface area (Å²) in [6.45, 7) is 0. The van der Waals surface area contributed by atoms with Crippen molar-refractivity contribution in [3.63, 3.8) is 0 Å². The second kappa shape index (κ2) is 4.33. The lowest BCUT2D eigenvalue weighted by Crippen LogP contribution is -2.31. The molecule has 2 amide bonds. The molecule has 4 nitrogen and oxygen atoms in total. The van der Waals surface area contributed by atoms with E-state index in [-0.39, 0.29) is 18.2 Å². The summed E-state index contributed by atoms with van der Waals surface area (Å²) < 4.78 is 13.0. The van der Waals surface area contributed by atoms with E-state index >= 15 is 0 Å². The fourth-order valence-electron chi connectivity index (χ4n) is 1.66. The summed E-state index contributed by atoms with van der Waals surface area (Å²) in [5, 5.41) is 3.08. The minimum atomic E-state index is -0.674. The molecule has 0 aromatic heterocycles. The van der Waals surface area contributed by atoms with Gasteiger partial charge in [0.2, 0.25) is 5.91 Å². The van der Waals surface area contributed by atoms with Crippen LogP contribution in [0.25, 0.3) is 0 Å². The Balaban J connectivity index is 2.19. The van der Waals surface area contributed by atoms with E-state index in [4.69, 9.17) is 11.6 Å². The van der Waals surface area contributed by atoms with E-state index in [0.29, 0.717) is 10.7 Å². The van der Waals surface area contributed by atoms with Crippen LogP contribution in [0, 0.1) is 5.82 Å². The molecule has 90 valence electrons. The number of amides is 2. The number of likely N-dealkylation sites (tertiary alicyclic amines) is 1. The van der Waals surface area contributed by atoms with E-state index in [2.05, 4.69) is 5.32 Å². The molecule has 0 radical (unpaired) electrons. The largest absolute Gasteiger partial charge is 0.372 e. The first-order chi connectivity index (χ1) is 7.99. The summed E-state index contributed by atoms with van der Waals surface area (Å²) in [4.78, 5) is 24.0. The van der Waals surface area contributed by atoms with Gasteiger partial charge < -0.3 is 5.32 Å². The van der Waals surface area contributed by atoms with Gasteiger partial charge in [0.15, 0.2) is 0 Å². The monoisotopic (exact) mass is 256 g/mol. The van der Waals surface area contributed by atoms with Crippen molar-refractivity contribution in [2.24, 2.45) is 0 Å². The highest BCUT2D eigenvalue weighted by Crippen LogP contribution is 2.25. The van der Waals surface area contributed by atoms with Crippen LogP contribution in [-0.4, -0.2) is 29.8 Å². The standard InChI is InChI=1S/C11H10ClFN2O2/c1-15-10(16)5-9(11(15)17)14-8-4-6(13)2-3-7(8)12/h2-4,9,14H,5H2,1H3.